The van der Waals surface area contributed by atoms with Crippen molar-refractivity contribution in [2.45, 2.75) is 19.0 Å². The number of rotatable bonds is 3. The van der Waals surface area contributed by atoms with Crippen LogP contribution in [-0.4, -0.2) is 19.7 Å². The maximum Gasteiger partial charge on any atom is 0.136 e. The molecule has 1 unspecified atom stereocenters. The molecule has 0 aliphatic carbocycles. The highest BCUT2D eigenvalue weighted by Crippen LogP contribution is 2.29. The largest absolute Gasteiger partial charge is 0.495 e. The van der Waals surface area contributed by atoms with Crippen molar-refractivity contribution in [3.05, 3.63) is 59.2 Å². The number of anilines is 1. The first-order chi connectivity index (χ1) is 10.7. The van der Waals surface area contributed by atoms with Gasteiger partial charge in [0, 0.05) is 24.8 Å². The summed E-state index contributed by atoms with van der Waals surface area (Å²) < 4.78 is 5.29. The molecule has 1 aliphatic heterocycles. The highest BCUT2D eigenvalue weighted by Gasteiger charge is 2.21. The molecule has 0 radical (unpaired) electrons. The van der Waals surface area contributed by atoms with Crippen LogP contribution in [0.4, 0.5) is 5.69 Å². The number of nitriles is 1. The third kappa shape index (κ3) is 2.76. The Kier molecular flexibility index (Phi) is 3.99. The molecule has 0 saturated carbocycles. The number of para-hydroxylation sites is 1. The zero-order valence-electron chi connectivity index (χ0n) is 12.6. The fourth-order valence-electron chi connectivity index (χ4n) is 3.02. The number of fused-ring (bicyclic) bond motifs is 1. The molecule has 0 bridgehead atoms. The third-order valence-electron chi connectivity index (χ3n) is 4.03. The molecular weight excluding hydrogens is 274 g/mol. The summed E-state index contributed by atoms with van der Waals surface area (Å²) in [5.74, 6) is 0.620. The lowest BCUT2D eigenvalue weighted by atomic mass is 9.98. The molecule has 1 atom stereocenters. The summed E-state index contributed by atoms with van der Waals surface area (Å²) in [5, 5.41) is 9.07. The number of benzene rings is 2. The quantitative estimate of drug-likeness (QED) is 0.944. The second-order valence-electron chi connectivity index (χ2n) is 5.62. The lowest BCUT2D eigenvalue weighted by molar-refractivity contribution is 0.413. The monoisotopic (exact) mass is 293 g/mol. The van der Waals surface area contributed by atoms with Crippen LogP contribution in [0.3, 0.4) is 0 Å². The van der Waals surface area contributed by atoms with Crippen LogP contribution >= 0.6 is 0 Å². The minimum atomic E-state index is 0.148. The van der Waals surface area contributed by atoms with E-state index in [4.69, 9.17) is 15.7 Å². The van der Waals surface area contributed by atoms with Crippen LogP contribution in [0, 0.1) is 11.3 Å². The van der Waals surface area contributed by atoms with Gasteiger partial charge < -0.3 is 15.4 Å². The average Bonchev–Trinajstić information content (AvgIpc) is 2.54. The van der Waals surface area contributed by atoms with E-state index in [1.807, 2.05) is 18.2 Å². The van der Waals surface area contributed by atoms with E-state index < -0.39 is 0 Å². The van der Waals surface area contributed by atoms with Crippen LogP contribution in [0.25, 0.3) is 0 Å². The predicted molar refractivity (Wildman–Crippen MR) is 86.9 cm³/mol. The van der Waals surface area contributed by atoms with Gasteiger partial charge >= 0.3 is 0 Å². The molecule has 112 valence electrons. The lowest BCUT2D eigenvalue weighted by Gasteiger charge is -2.34. The van der Waals surface area contributed by atoms with Gasteiger partial charge in [-0.3, -0.25) is 0 Å². The van der Waals surface area contributed by atoms with Crippen LogP contribution in [0.2, 0.25) is 0 Å². The molecule has 1 aliphatic rings. The molecule has 2 aromatic rings. The number of nitrogens with two attached hydrogens (primary N) is 1. The highest BCUT2D eigenvalue weighted by atomic mass is 16.5. The summed E-state index contributed by atoms with van der Waals surface area (Å²) in [6, 6.07) is 16.4. The number of hydrogen-bond donors (Lipinski definition) is 1. The first-order valence-electron chi connectivity index (χ1n) is 7.36. The molecule has 0 fully saturated rings. The molecule has 1 heterocycles. The van der Waals surface area contributed by atoms with E-state index in [1.54, 1.807) is 7.11 Å². The van der Waals surface area contributed by atoms with Crippen molar-refractivity contribution < 1.29 is 4.74 Å². The highest BCUT2D eigenvalue weighted by molar-refractivity contribution is 5.57. The van der Waals surface area contributed by atoms with Gasteiger partial charge in [0.25, 0.3) is 0 Å². The van der Waals surface area contributed by atoms with Crippen molar-refractivity contribution in [2.75, 3.05) is 18.6 Å². The molecule has 2 aromatic carbocycles. The number of ether oxygens (including phenoxy) is 1. The second kappa shape index (κ2) is 6.08. The lowest BCUT2D eigenvalue weighted by Crippen LogP contribution is -2.42. The Bertz CT molecular complexity index is 721. The van der Waals surface area contributed by atoms with E-state index in [9.17, 15) is 0 Å². The van der Waals surface area contributed by atoms with Gasteiger partial charge in [-0.1, -0.05) is 24.3 Å². The molecular formula is C18H19N3O. The van der Waals surface area contributed by atoms with E-state index in [-0.39, 0.29) is 6.04 Å². The van der Waals surface area contributed by atoms with Gasteiger partial charge in [0.15, 0.2) is 0 Å². The maximum absolute atomic E-state index is 9.07. The normalized spacial score (nSPS) is 16.8. The van der Waals surface area contributed by atoms with Gasteiger partial charge in [-0.05, 0) is 35.7 Å². The van der Waals surface area contributed by atoms with Crippen molar-refractivity contribution in [3.63, 3.8) is 0 Å². The SMILES string of the molecule is COc1cc(CN2CC(N)Cc3ccccc32)ccc1C#N. The fourth-order valence-corrected chi connectivity index (χ4v) is 3.02. The third-order valence-corrected chi connectivity index (χ3v) is 4.03. The van der Waals surface area contributed by atoms with Crippen molar-refractivity contribution in [1.29, 1.82) is 5.26 Å². The first-order valence-corrected chi connectivity index (χ1v) is 7.36. The van der Waals surface area contributed by atoms with Gasteiger partial charge in [-0.2, -0.15) is 5.26 Å². The Morgan fingerprint density at radius 1 is 1.32 bits per heavy atom. The van der Waals surface area contributed by atoms with E-state index in [1.165, 1.54) is 11.3 Å². The molecule has 3 rings (SSSR count). The van der Waals surface area contributed by atoms with Crippen LogP contribution in [0.5, 0.6) is 5.75 Å². The van der Waals surface area contributed by atoms with Gasteiger partial charge in [-0.15, -0.1) is 0 Å². The number of methoxy groups -OCH3 is 1. The summed E-state index contributed by atoms with van der Waals surface area (Å²) >= 11 is 0. The Hall–Kier alpha value is -2.51. The molecule has 0 amide bonds. The summed E-state index contributed by atoms with van der Waals surface area (Å²) in [6.07, 6.45) is 0.920. The van der Waals surface area contributed by atoms with E-state index >= 15 is 0 Å². The smallest absolute Gasteiger partial charge is 0.136 e. The van der Waals surface area contributed by atoms with E-state index in [0.717, 1.165) is 25.1 Å². The van der Waals surface area contributed by atoms with Gasteiger partial charge in [0.05, 0.1) is 12.7 Å². The van der Waals surface area contributed by atoms with E-state index in [2.05, 4.69) is 35.2 Å². The summed E-state index contributed by atoms with van der Waals surface area (Å²) in [7, 11) is 1.59. The Morgan fingerprint density at radius 2 is 2.14 bits per heavy atom. The van der Waals surface area contributed by atoms with Crippen LogP contribution < -0.4 is 15.4 Å². The van der Waals surface area contributed by atoms with Gasteiger partial charge in [-0.25, -0.2) is 0 Å². The predicted octanol–water partition coefficient (Wildman–Crippen LogP) is 2.46. The van der Waals surface area contributed by atoms with Crippen LogP contribution in [0.1, 0.15) is 16.7 Å². The zero-order chi connectivity index (χ0) is 15.5. The molecule has 0 spiro atoms. The topological polar surface area (TPSA) is 62.3 Å². The van der Waals surface area contributed by atoms with Crippen LogP contribution in [0.15, 0.2) is 42.5 Å². The minimum Gasteiger partial charge on any atom is -0.495 e. The van der Waals surface area contributed by atoms with Crippen LogP contribution in [-0.2, 0) is 13.0 Å². The molecule has 0 aromatic heterocycles. The second-order valence-corrected chi connectivity index (χ2v) is 5.62. The molecule has 22 heavy (non-hydrogen) atoms. The van der Waals surface area contributed by atoms with Crippen molar-refractivity contribution >= 4 is 5.69 Å². The minimum absolute atomic E-state index is 0.148. The Balaban J connectivity index is 1.89. The number of nitrogens with zero attached hydrogens (tertiary/aromatic N) is 2. The zero-order valence-corrected chi connectivity index (χ0v) is 12.6. The van der Waals surface area contributed by atoms with Crippen molar-refractivity contribution in [1.82, 2.24) is 0 Å². The van der Waals surface area contributed by atoms with Gasteiger partial charge in [0.1, 0.15) is 11.8 Å². The number of hydrogen-bond acceptors (Lipinski definition) is 4. The van der Waals surface area contributed by atoms with E-state index in [0.29, 0.717) is 11.3 Å². The molecule has 2 N–H and O–H groups in total. The Morgan fingerprint density at radius 3 is 2.91 bits per heavy atom. The van der Waals surface area contributed by atoms with Crippen molar-refractivity contribution in [2.24, 2.45) is 5.73 Å². The van der Waals surface area contributed by atoms with Gasteiger partial charge in [0.2, 0.25) is 0 Å². The Labute approximate surface area is 130 Å². The summed E-state index contributed by atoms with van der Waals surface area (Å²) in [5.41, 5.74) is 10.4. The molecule has 4 nitrogen and oxygen atoms in total. The maximum atomic E-state index is 9.07. The van der Waals surface area contributed by atoms with Crippen molar-refractivity contribution in [3.8, 4) is 11.8 Å². The molecule has 0 saturated heterocycles. The summed E-state index contributed by atoms with van der Waals surface area (Å²) in [6.45, 7) is 1.59. The average molecular weight is 293 g/mol. The molecule has 4 heteroatoms. The summed E-state index contributed by atoms with van der Waals surface area (Å²) in [4.78, 5) is 2.30. The fraction of sp³-hybridized carbons (Fsp3) is 0.278. The first kappa shape index (κ1) is 14.4. The standard InChI is InChI=1S/C18H19N3O/c1-22-18-8-13(6-7-15(18)10-19)11-21-12-16(20)9-14-4-2-3-5-17(14)21/h2-8,16H,9,11-12,20H2,1H3.